The van der Waals surface area contributed by atoms with Crippen molar-refractivity contribution in [2.24, 2.45) is 4.90 Å². The molecule has 0 aromatic carbocycles. The number of amides is 1. The monoisotopic (exact) mass is 72.0 g/mol. The molecule has 26 valence electrons. The first-order valence-corrected chi connectivity index (χ1v) is 0.910. The van der Waals surface area contributed by atoms with E-state index in [1.54, 1.807) is 0 Å². The summed E-state index contributed by atoms with van der Waals surface area (Å²) in [6.07, 6.45) is -1.33. The second kappa shape index (κ2) is 1.63. The van der Waals surface area contributed by atoms with E-state index in [0.29, 0.717) is 7.60 Å². The maximum atomic E-state index is 9.28. The quantitative estimate of drug-likeness (QED) is 0.401. The summed E-state index contributed by atoms with van der Waals surface area (Å²) in [5, 5.41) is 7.60. The number of hydrogen-bond donors (Lipinski definition) is 1. The Hall–Kier alpha value is -0.665. The van der Waals surface area contributed by atoms with Crippen molar-refractivity contribution in [3.8, 4) is 0 Å². The van der Waals surface area contributed by atoms with Crippen LogP contribution in [0.1, 0.15) is 0 Å². The summed E-state index contributed by atoms with van der Waals surface area (Å²) in [6.45, 7) is 0. The van der Waals surface area contributed by atoms with Crippen molar-refractivity contribution in [3.05, 3.63) is 0 Å². The molecule has 0 saturated carbocycles. The van der Waals surface area contributed by atoms with Crippen LogP contribution >= 0.6 is 0 Å². The molecule has 3 nitrogen and oxygen atoms in total. The van der Waals surface area contributed by atoms with Gasteiger partial charge < -0.3 is 0 Å². The maximum absolute atomic E-state index is 9.28. The van der Waals surface area contributed by atoms with Crippen LogP contribution in [0.25, 0.3) is 0 Å². The molecule has 1 N–H and O–H groups in total. The second-order valence-electron chi connectivity index (χ2n) is 0.412. The summed E-state index contributed by atoms with van der Waals surface area (Å²) in [4.78, 5) is 11.9. The van der Waals surface area contributed by atoms with Gasteiger partial charge in [0.05, 0.1) is 0 Å². The van der Waals surface area contributed by atoms with E-state index in [0.717, 1.165) is 0 Å². The normalized spacial score (nSPS) is 10.0. The van der Waals surface area contributed by atoms with Gasteiger partial charge in [-0.3, -0.25) is 0 Å². The predicted molar refractivity (Wildman–Crippen MR) is 17.6 cm³/mol. The summed E-state index contributed by atoms with van der Waals surface area (Å²) >= 11 is 0. The van der Waals surface area contributed by atoms with Crippen LogP contribution in [0.4, 0.5) is 4.79 Å². The number of hydrogen-bond acceptors (Lipinski definition) is 1. The van der Waals surface area contributed by atoms with Gasteiger partial charge in [0.2, 0.25) is 0 Å². The third-order valence-corrected chi connectivity index (χ3v) is 0.110. The third-order valence-electron chi connectivity index (χ3n) is 0.110. The fraction of sp³-hybridized carbons (Fsp3) is 0. The van der Waals surface area contributed by atoms with Crippen molar-refractivity contribution in [3.63, 3.8) is 0 Å². The van der Waals surface area contributed by atoms with Crippen LogP contribution in [0.5, 0.6) is 0 Å². The van der Waals surface area contributed by atoms with Gasteiger partial charge in [0.15, 0.2) is 0 Å². The topological polar surface area (TPSA) is 49.7 Å². The first-order chi connectivity index (χ1) is 2.77. The molecule has 0 aliphatic heterocycles. The van der Waals surface area contributed by atoms with Gasteiger partial charge in [0, 0.05) is 0 Å². The van der Waals surface area contributed by atoms with Gasteiger partial charge in [-0.2, -0.15) is 0 Å². The number of rotatable bonds is 0. The van der Waals surface area contributed by atoms with Gasteiger partial charge in [-0.05, 0) is 0 Å². The van der Waals surface area contributed by atoms with Crippen LogP contribution in [0.2, 0.25) is 0 Å². The average molecular weight is 71.9 g/mol. The fourth-order valence-corrected chi connectivity index (χ4v) is 0. The van der Waals surface area contributed by atoms with E-state index in [-0.39, 0.29) is 0 Å². The van der Waals surface area contributed by atoms with Crippen LogP contribution in [-0.2, 0) is 0 Å². The van der Waals surface area contributed by atoms with Crippen molar-refractivity contribution in [1.82, 2.24) is 0 Å². The molecule has 0 aliphatic rings. The van der Waals surface area contributed by atoms with Crippen LogP contribution in [-0.4, -0.2) is 20.1 Å². The Morgan fingerprint density at radius 1 is 2.40 bits per heavy atom. The van der Waals surface area contributed by atoms with E-state index in [1.165, 1.54) is 0 Å². The minimum absolute atomic E-state index is 0.475. The van der Waals surface area contributed by atoms with Crippen LogP contribution in [0.15, 0.2) is 4.90 Å². The zero-order valence-corrected chi connectivity index (χ0v) is 2.38. The molecule has 0 atom stereocenters. The first-order valence-electron chi connectivity index (χ1n) is 1.49. The number of carboxylic acid groups (broad SMARTS) is 1. The van der Waals surface area contributed by atoms with Crippen molar-refractivity contribution in [2.45, 2.75) is 0 Å². The molecule has 0 aliphatic carbocycles. The van der Waals surface area contributed by atoms with Gasteiger partial charge in [0.25, 0.3) is 0 Å². The number of nitrogens with zero attached hydrogens (tertiary/aromatic N) is 1. The second-order valence-corrected chi connectivity index (χ2v) is 0.412. The molecule has 0 bridgehead atoms. The third kappa shape index (κ3) is 3.33. The predicted octanol–water partition coefficient (Wildman–Crippen LogP) is -0.251. The van der Waals surface area contributed by atoms with E-state index in [2.05, 4.69) is 4.90 Å². The SMILES string of the molecule is [2H]B=NC(=O)O. The molecular formula is CH2BNO2. The van der Waals surface area contributed by atoms with E-state index >= 15 is 0 Å². The van der Waals surface area contributed by atoms with Gasteiger partial charge in [-0.25, -0.2) is 0 Å². The van der Waals surface area contributed by atoms with E-state index < -0.39 is 6.09 Å². The molecule has 0 rings (SSSR count). The molecule has 0 aromatic rings. The first kappa shape index (κ1) is 2.57. The zero-order chi connectivity index (χ0) is 4.99. The summed E-state index contributed by atoms with van der Waals surface area (Å²) in [7, 11) is 0.475. The molecular weight excluding hydrogens is 68.8 g/mol. The van der Waals surface area contributed by atoms with Gasteiger partial charge >= 0.3 is 29.8 Å². The Morgan fingerprint density at radius 2 is 3.00 bits per heavy atom. The Balaban J connectivity index is 3.30. The summed E-state index contributed by atoms with van der Waals surface area (Å²) < 4.78 is 6.06. The van der Waals surface area contributed by atoms with Gasteiger partial charge in [-0.1, -0.05) is 0 Å². The van der Waals surface area contributed by atoms with Crippen molar-refractivity contribution in [1.29, 1.82) is 1.34 Å². The molecule has 0 fully saturated rings. The Morgan fingerprint density at radius 3 is 3.00 bits per heavy atom. The van der Waals surface area contributed by atoms with Crippen LogP contribution in [0.3, 0.4) is 0 Å². The number of carbonyl (C=O) groups is 1. The molecule has 1 amide bonds. The molecule has 0 saturated heterocycles. The molecule has 0 radical (unpaired) electrons. The zero-order valence-electron chi connectivity index (χ0n) is 3.38. The Kier molecular flexibility index (Phi) is 0.839. The van der Waals surface area contributed by atoms with Gasteiger partial charge in [-0.15, -0.1) is 0 Å². The summed E-state index contributed by atoms with van der Waals surface area (Å²) in [5.74, 6) is 0. The summed E-state index contributed by atoms with van der Waals surface area (Å²) in [6, 6.07) is 0. The standard InChI is InChI=1S/CH2BNO2/c2-3-1(4)5/h2H,(H,4,5)/i2D. The molecule has 0 heterocycles. The Labute approximate surface area is 31.1 Å². The molecule has 5 heavy (non-hydrogen) atoms. The van der Waals surface area contributed by atoms with E-state index in [9.17, 15) is 4.79 Å². The van der Waals surface area contributed by atoms with Crippen LogP contribution < -0.4 is 0 Å². The average Bonchev–Trinajstić information content (AvgIpc) is 1.35. The van der Waals surface area contributed by atoms with Crippen molar-refractivity contribution < 1.29 is 9.90 Å². The molecule has 0 unspecified atom stereocenters. The van der Waals surface area contributed by atoms with Gasteiger partial charge in [0.1, 0.15) is 0 Å². The molecule has 4 heteroatoms. The van der Waals surface area contributed by atoms with Crippen molar-refractivity contribution in [2.75, 3.05) is 0 Å². The fourth-order valence-electron chi connectivity index (χ4n) is 0. The molecule has 0 spiro atoms. The van der Waals surface area contributed by atoms with Crippen molar-refractivity contribution >= 4 is 13.7 Å². The van der Waals surface area contributed by atoms with Crippen LogP contribution in [0, 0.1) is 0 Å². The summed E-state index contributed by atoms with van der Waals surface area (Å²) in [5.41, 5.74) is 0. The van der Waals surface area contributed by atoms with E-state index in [1.807, 2.05) is 0 Å². The Bertz CT molecular complexity index is 81.6. The minimum atomic E-state index is -1.33. The molecule has 0 aromatic heterocycles. The van der Waals surface area contributed by atoms with E-state index in [4.69, 9.17) is 6.44 Å².